The van der Waals surface area contributed by atoms with Gasteiger partial charge in [0.2, 0.25) is 5.88 Å². The molecule has 1 N–H and O–H groups in total. The second kappa shape index (κ2) is 7.09. The molecule has 0 amide bonds. The summed E-state index contributed by atoms with van der Waals surface area (Å²) in [5, 5.41) is 9.50. The molecule has 126 valence electrons. The fourth-order valence-electron chi connectivity index (χ4n) is 3.00. The molecule has 0 saturated carbocycles. The summed E-state index contributed by atoms with van der Waals surface area (Å²) < 4.78 is 5.72. The third kappa shape index (κ3) is 3.79. The van der Waals surface area contributed by atoms with Crippen LogP contribution in [0.15, 0.2) is 36.5 Å². The highest BCUT2D eigenvalue weighted by Crippen LogP contribution is 2.31. The van der Waals surface area contributed by atoms with Gasteiger partial charge in [-0.05, 0) is 55.7 Å². The maximum atomic E-state index is 11.0. The summed E-state index contributed by atoms with van der Waals surface area (Å²) in [6.45, 7) is 2.80. The van der Waals surface area contributed by atoms with Crippen molar-refractivity contribution in [1.29, 1.82) is 0 Å². The number of aromatic nitrogens is 1. The first-order chi connectivity index (χ1) is 11.5. The average Bonchev–Trinajstić information content (AvgIpc) is 2.98. The number of carboxylic acids is 1. The Hall–Kier alpha value is -2.27. The van der Waals surface area contributed by atoms with Gasteiger partial charge in [-0.25, -0.2) is 4.98 Å². The fraction of sp³-hybridized carbons (Fsp3) is 0.333. The van der Waals surface area contributed by atoms with Gasteiger partial charge in [0, 0.05) is 24.5 Å². The second-order valence-corrected chi connectivity index (χ2v) is 6.39. The normalized spacial score (nSPS) is 17.1. The molecular weight excluding hydrogens is 328 g/mol. The van der Waals surface area contributed by atoms with E-state index in [4.69, 9.17) is 21.4 Å². The lowest BCUT2D eigenvalue weighted by molar-refractivity contribution is -0.137. The maximum Gasteiger partial charge on any atom is 0.305 e. The van der Waals surface area contributed by atoms with Crippen molar-refractivity contribution in [2.45, 2.75) is 32.2 Å². The lowest BCUT2D eigenvalue weighted by atomic mass is 10.1. The first kappa shape index (κ1) is 16.6. The van der Waals surface area contributed by atoms with Crippen LogP contribution in [0.2, 0.25) is 5.02 Å². The van der Waals surface area contributed by atoms with E-state index in [-0.39, 0.29) is 12.5 Å². The van der Waals surface area contributed by atoms with E-state index in [1.165, 1.54) is 0 Å². The second-order valence-electron chi connectivity index (χ2n) is 5.98. The highest BCUT2D eigenvalue weighted by molar-refractivity contribution is 6.31. The number of rotatable bonds is 5. The van der Waals surface area contributed by atoms with Gasteiger partial charge in [-0.15, -0.1) is 0 Å². The Labute approximate surface area is 145 Å². The fourth-order valence-corrected chi connectivity index (χ4v) is 3.26. The Kier molecular flexibility index (Phi) is 4.90. The Morgan fingerprint density at radius 3 is 2.83 bits per heavy atom. The number of hydrogen-bond acceptors (Lipinski definition) is 4. The van der Waals surface area contributed by atoms with Crippen molar-refractivity contribution in [2.24, 2.45) is 0 Å². The molecule has 0 aliphatic carbocycles. The zero-order valence-corrected chi connectivity index (χ0v) is 14.2. The maximum absolute atomic E-state index is 11.0. The van der Waals surface area contributed by atoms with Crippen molar-refractivity contribution in [3.8, 4) is 11.6 Å². The van der Waals surface area contributed by atoms with Gasteiger partial charge in [0.15, 0.2) is 0 Å². The molecule has 1 aliphatic heterocycles. The number of aryl methyl sites for hydroxylation is 1. The molecule has 0 spiro atoms. The van der Waals surface area contributed by atoms with Crippen LogP contribution in [0.5, 0.6) is 11.6 Å². The monoisotopic (exact) mass is 346 g/mol. The van der Waals surface area contributed by atoms with Crippen LogP contribution in [0.4, 0.5) is 5.69 Å². The topological polar surface area (TPSA) is 62.7 Å². The number of hydrogen-bond donors (Lipinski definition) is 1. The summed E-state index contributed by atoms with van der Waals surface area (Å²) in [4.78, 5) is 17.3. The number of carboxylic acid groups (broad SMARTS) is 1. The molecule has 1 saturated heterocycles. The summed E-state index contributed by atoms with van der Waals surface area (Å²) in [7, 11) is 0. The minimum Gasteiger partial charge on any atom is -0.481 e. The lowest BCUT2D eigenvalue weighted by Crippen LogP contribution is -2.31. The smallest absolute Gasteiger partial charge is 0.305 e. The Bertz CT molecular complexity index is 734. The summed E-state index contributed by atoms with van der Waals surface area (Å²) in [5.74, 6) is 0.262. The zero-order valence-electron chi connectivity index (χ0n) is 13.4. The Balaban J connectivity index is 1.72. The van der Waals surface area contributed by atoms with Gasteiger partial charge in [0.25, 0.3) is 0 Å². The molecule has 0 bridgehead atoms. The van der Waals surface area contributed by atoms with Gasteiger partial charge in [0.1, 0.15) is 10.8 Å². The summed E-state index contributed by atoms with van der Waals surface area (Å²) in [5.41, 5.74) is 1.98. The molecule has 2 heterocycles. The molecule has 6 heteroatoms. The predicted octanol–water partition coefficient (Wildman–Crippen LogP) is 4.28. The quantitative estimate of drug-likeness (QED) is 0.875. The number of benzene rings is 1. The number of halogens is 1. The van der Waals surface area contributed by atoms with Crippen molar-refractivity contribution < 1.29 is 14.6 Å². The molecule has 1 fully saturated rings. The summed E-state index contributed by atoms with van der Waals surface area (Å²) in [6.07, 6.45) is 3.80. The van der Waals surface area contributed by atoms with Crippen LogP contribution in [0.25, 0.3) is 0 Å². The molecule has 2 aromatic rings. The molecule has 1 aromatic carbocycles. The molecular formula is C18H19ClN2O3. The number of nitrogens with zero attached hydrogens (tertiary/aromatic N) is 2. The van der Waals surface area contributed by atoms with E-state index in [1.807, 2.05) is 31.2 Å². The van der Waals surface area contributed by atoms with Gasteiger partial charge in [-0.1, -0.05) is 11.6 Å². The van der Waals surface area contributed by atoms with E-state index >= 15 is 0 Å². The summed E-state index contributed by atoms with van der Waals surface area (Å²) >= 11 is 6.13. The van der Waals surface area contributed by atoms with Crippen molar-refractivity contribution in [3.05, 3.63) is 47.1 Å². The van der Waals surface area contributed by atoms with Crippen LogP contribution < -0.4 is 9.64 Å². The SMILES string of the molecule is Cc1cnc(Oc2ccc(N3CCC[C@H]3CC(=O)O)cc2)c(Cl)c1. The van der Waals surface area contributed by atoms with Crippen LogP contribution in [0.1, 0.15) is 24.8 Å². The molecule has 5 nitrogen and oxygen atoms in total. The van der Waals surface area contributed by atoms with E-state index in [2.05, 4.69) is 9.88 Å². The number of aliphatic carboxylic acids is 1. The highest BCUT2D eigenvalue weighted by atomic mass is 35.5. The first-order valence-corrected chi connectivity index (χ1v) is 8.29. The molecule has 3 rings (SSSR count). The molecule has 1 atom stereocenters. The van der Waals surface area contributed by atoms with Gasteiger partial charge in [-0.2, -0.15) is 0 Å². The van der Waals surface area contributed by atoms with Crippen molar-refractivity contribution >= 4 is 23.3 Å². The van der Waals surface area contributed by atoms with Crippen molar-refractivity contribution in [2.75, 3.05) is 11.4 Å². The first-order valence-electron chi connectivity index (χ1n) is 7.91. The van der Waals surface area contributed by atoms with E-state index in [0.717, 1.165) is 30.6 Å². The van der Waals surface area contributed by atoms with Gasteiger partial charge >= 0.3 is 5.97 Å². The number of carbonyl (C=O) groups is 1. The highest BCUT2D eigenvalue weighted by Gasteiger charge is 2.26. The van der Waals surface area contributed by atoms with Crippen LogP contribution in [0, 0.1) is 6.92 Å². The minimum atomic E-state index is -0.757. The van der Waals surface area contributed by atoms with Crippen LogP contribution in [-0.4, -0.2) is 28.6 Å². The van der Waals surface area contributed by atoms with E-state index in [0.29, 0.717) is 16.7 Å². The summed E-state index contributed by atoms with van der Waals surface area (Å²) in [6, 6.07) is 9.45. The largest absolute Gasteiger partial charge is 0.481 e. The molecule has 0 unspecified atom stereocenters. The van der Waals surface area contributed by atoms with Crippen molar-refractivity contribution in [1.82, 2.24) is 4.98 Å². The molecule has 1 aliphatic rings. The van der Waals surface area contributed by atoms with Crippen LogP contribution in [-0.2, 0) is 4.79 Å². The number of ether oxygens (including phenoxy) is 1. The van der Waals surface area contributed by atoms with Crippen molar-refractivity contribution in [3.63, 3.8) is 0 Å². The molecule has 0 radical (unpaired) electrons. The minimum absolute atomic E-state index is 0.0579. The van der Waals surface area contributed by atoms with E-state index < -0.39 is 5.97 Å². The number of pyridine rings is 1. The average molecular weight is 347 g/mol. The van der Waals surface area contributed by atoms with Gasteiger partial charge in [-0.3, -0.25) is 4.79 Å². The molecule has 24 heavy (non-hydrogen) atoms. The zero-order chi connectivity index (χ0) is 17.1. The van der Waals surface area contributed by atoms with Crippen LogP contribution in [0.3, 0.4) is 0 Å². The third-order valence-corrected chi connectivity index (χ3v) is 4.39. The van der Waals surface area contributed by atoms with Gasteiger partial charge in [0.05, 0.1) is 6.42 Å². The van der Waals surface area contributed by atoms with Crippen LogP contribution >= 0.6 is 11.6 Å². The van der Waals surface area contributed by atoms with E-state index in [1.54, 1.807) is 12.3 Å². The standard InChI is InChI=1S/C18H19ClN2O3/c1-12-9-16(19)18(20-11-12)24-15-6-4-13(5-7-15)21-8-2-3-14(21)10-17(22)23/h4-7,9,11,14H,2-3,8,10H2,1H3,(H,22,23)/t14-/m0/s1. The predicted molar refractivity (Wildman–Crippen MR) is 93.1 cm³/mol. The third-order valence-electron chi connectivity index (χ3n) is 4.11. The number of anilines is 1. The lowest BCUT2D eigenvalue weighted by Gasteiger charge is -2.25. The van der Waals surface area contributed by atoms with Gasteiger partial charge < -0.3 is 14.7 Å². The van der Waals surface area contributed by atoms with E-state index in [9.17, 15) is 4.79 Å². The molecule has 1 aromatic heterocycles. The Morgan fingerprint density at radius 1 is 1.42 bits per heavy atom. The Morgan fingerprint density at radius 2 is 2.17 bits per heavy atom.